The third-order valence-corrected chi connectivity index (χ3v) is 5.05. The number of hydrogen-bond acceptors (Lipinski definition) is 5. The first-order valence-corrected chi connectivity index (χ1v) is 7.95. The molecule has 3 rings (SSSR count). The number of nitrogens with one attached hydrogen (secondary N) is 1. The molecular weight excluding hydrogens is 276 g/mol. The minimum absolute atomic E-state index is 0.0469. The molecule has 2 fully saturated rings. The van der Waals surface area contributed by atoms with E-state index >= 15 is 0 Å². The van der Waals surface area contributed by atoms with Gasteiger partial charge in [-0.05, 0) is 25.7 Å². The van der Waals surface area contributed by atoms with Gasteiger partial charge in [-0.15, -0.1) is 11.3 Å². The second-order valence-corrected chi connectivity index (χ2v) is 6.45. The van der Waals surface area contributed by atoms with Gasteiger partial charge in [-0.1, -0.05) is 0 Å². The molecule has 5 nitrogen and oxygen atoms in total. The molecule has 1 aromatic heterocycles. The van der Waals surface area contributed by atoms with Gasteiger partial charge in [0, 0.05) is 24.5 Å². The third kappa shape index (κ3) is 2.57. The Kier molecular flexibility index (Phi) is 3.74. The molecule has 0 aromatic carbocycles. The van der Waals surface area contributed by atoms with Crippen LogP contribution in [-0.4, -0.2) is 29.0 Å². The predicted octanol–water partition coefficient (Wildman–Crippen LogP) is 1.68. The van der Waals surface area contributed by atoms with Crippen LogP contribution in [0.1, 0.15) is 37.1 Å². The van der Waals surface area contributed by atoms with Crippen LogP contribution in [0.2, 0.25) is 0 Å². The normalized spacial score (nSPS) is 24.0. The Labute approximate surface area is 121 Å². The smallest absolute Gasteiger partial charge is 0.307 e. The molecule has 20 heavy (non-hydrogen) atoms. The van der Waals surface area contributed by atoms with Crippen molar-refractivity contribution in [2.45, 2.75) is 44.1 Å². The molecule has 0 bridgehead atoms. The van der Waals surface area contributed by atoms with Crippen LogP contribution in [0.5, 0.6) is 0 Å². The summed E-state index contributed by atoms with van der Waals surface area (Å²) in [7, 11) is 0. The molecule has 1 saturated carbocycles. The van der Waals surface area contributed by atoms with Crippen LogP contribution in [0, 0.1) is 5.92 Å². The number of carbonyl (C=O) groups is 2. The molecule has 2 aliphatic rings. The molecule has 1 aliphatic heterocycles. The SMILES string of the molecule is O=C1C[C@@H](C(=O)NCCc2nccs2)C2(CCCC2)O1. The molecular formula is C14H18N2O3S. The first kappa shape index (κ1) is 13.5. The second-order valence-electron chi connectivity index (χ2n) is 5.47. The first-order chi connectivity index (χ1) is 9.70. The number of thiazole rings is 1. The maximum absolute atomic E-state index is 12.3. The molecule has 1 aliphatic carbocycles. The fraction of sp³-hybridized carbons (Fsp3) is 0.643. The Morgan fingerprint density at radius 1 is 1.50 bits per heavy atom. The van der Waals surface area contributed by atoms with E-state index in [0.717, 1.165) is 37.1 Å². The fourth-order valence-electron chi connectivity index (χ4n) is 3.24. The van der Waals surface area contributed by atoms with Crippen molar-refractivity contribution in [3.05, 3.63) is 16.6 Å². The summed E-state index contributed by atoms with van der Waals surface area (Å²) >= 11 is 1.58. The number of ether oxygens (including phenoxy) is 1. The lowest BCUT2D eigenvalue weighted by Gasteiger charge is -2.27. The van der Waals surface area contributed by atoms with Crippen LogP contribution < -0.4 is 5.32 Å². The van der Waals surface area contributed by atoms with Crippen LogP contribution in [-0.2, 0) is 20.7 Å². The number of nitrogens with zero attached hydrogens (tertiary/aromatic N) is 1. The van der Waals surface area contributed by atoms with E-state index in [9.17, 15) is 9.59 Å². The van der Waals surface area contributed by atoms with Gasteiger partial charge in [0.25, 0.3) is 0 Å². The van der Waals surface area contributed by atoms with Crippen molar-refractivity contribution in [2.75, 3.05) is 6.54 Å². The van der Waals surface area contributed by atoms with Gasteiger partial charge in [0.1, 0.15) is 5.60 Å². The van der Waals surface area contributed by atoms with Gasteiger partial charge in [-0.2, -0.15) is 0 Å². The Morgan fingerprint density at radius 3 is 3.00 bits per heavy atom. The zero-order valence-corrected chi connectivity index (χ0v) is 12.1. The van der Waals surface area contributed by atoms with Crippen molar-refractivity contribution < 1.29 is 14.3 Å². The molecule has 1 N–H and O–H groups in total. The van der Waals surface area contributed by atoms with Gasteiger partial charge >= 0.3 is 5.97 Å². The molecule has 6 heteroatoms. The van der Waals surface area contributed by atoms with Crippen molar-refractivity contribution in [1.82, 2.24) is 10.3 Å². The van der Waals surface area contributed by atoms with Gasteiger partial charge in [0.2, 0.25) is 5.91 Å². The number of rotatable bonds is 4. The maximum Gasteiger partial charge on any atom is 0.307 e. The Balaban J connectivity index is 1.57. The lowest BCUT2D eigenvalue weighted by atomic mass is 9.85. The van der Waals surface area contributed by atoms with Crippen molar-refractivity contribution in [2.24, 2.45) is 5.92 Å². The van der Waals surface area contributed by atoms with E-state index in [2.05, 4.69) is 10.3 Å². The Morgan fingerprint density at radius 2 is 2.30 bits per heavy atom. The highest BCUT2D eigenvalue weighted by molar-refractivity contribution is 7.09. The highest BCUT2D eigenvalue weighted by Gasteiger charge is 2.53. The third-order valence-electron chi connectivity index (χ3n) is 4.21. The van der Waals surface area contributed by atoms with Crippen LogP contribution in [0.3, 0.4) is 0 Å². The summed E-state index contributed by atoms with van der Waals surface area (Å²) in [5, 5.41) is 5.87. The van der Waals surface area contributed by atoms with Crippen LogP contribution >= 0.6 is 11.3 Å². The zero-order valence-electron chi connectivity index (χ0n) is 11.3. The maximum atomic E-state index is 12.3. The molecule has 1 spiro atoms. The minimum atomic E-state index is -0.512. The number of carbonyl (C=O) groups excluding carboxylic acids is 2. The quantitative estimate of drug-likeness (QED) is 0.858. The topological polar surface area (TPSA) is 68.3 Å². The molecule has 1 amide bonds. The predicted molar refractivity (Wildman–Crippen MR) is 74.2 cm³/mol. The fourth-order valence-corrected chi connectivity index (χ4v) is 3.86. The molecule has 2 heterocycles. The average molecular weight is 294 g/mol. The van der Waals surface area contributed by atoms with E-state index in [1.54, 1.807) is 17.5 Å². The number of hydrogen-bond donors (Lipinski definition) is 1. The molecule has 0 unspecified atom stereocenters. The molecule has 0 radical (unpaired) electrons. The summed E-state index contributed by atoms with van der Waals surface area (Å²) in [5.74, 6) is -0.588. The van der Waals surface area contributed by atoms with Crippen molar-refractivity contribution in [1.29, 1.82) is 0 Å². The standard InChI is InChI=1S/C14H18N2O3S/c17-12-9-10(14(19-12)4-1-2-5-14)13(18)16-6-3-11-15-7-8-20-11/h7-8,10H,1-6,9H2,(H,16,18)/t10-/m0/s1. The lowest BCUT2D eigenvalue weighted by Crippen LogP contribution is -2.43. The lowest BCUT2D eigenvalue weighted by molar-refractivity contribution is -0.149. The number of aromatic nitrogens is 1. The van der Waals surface area contributed by atoms with Gasteiger partial charge in [-0.25, -0.2) is 4.98 Å². The van der Waals surface area contributed by atoms with Gasteiger partial charge in [0.05, 0.1) is 17.3 Å². The molecule has 1 saturated heterocycles. The molecule has 1 atom stereocenters. The van der Waals surface area contributed by atoms with Crippen LogP contribution in [0.4, 0.5) is 0 Å². The van der Waals surface area contributed by atoms with Crippen LogP contribution in [0.15, 0.2) is 11.6 Å². The van der Waals surface area contributed by atoms with Crippen LogP contribution in [0.25, 0.3) is 0 Å². The summed E-state index contributed by atoms with van der Waals surface area (Å²) in [6.45, 7) is 0.563. The molecule has 108 valence electrons. The summed E-state index contributed by atoms with van der Waals surface area (Å²) in [4.78, 5) is 28.1. The molecule has 1 aromatic rings. The van der Waals surface area contributed by atoms with E-state index in [-0.39, 0.29) is 24.2 Å². The van der Waals surface area contributed by atoms with E-state index in [4.69, 9.17) is 4.74 Å². The van der Waals surface area contributed by atoms with Crippen molar-refractivity contribution >= 4 is 23.2 Å². The van der Waals surface area contributed by atoms with E-state index in [1.165, 1.54) is 0 Å². The van der Waals surface area contributed by atoms with Crippen molar-refractivity contribution in [3.63, 3.8) is 0 Å². The van der Waals surface area contributed by atoms with E-state index < -0.39 is 5.60 Å². The van der Waals surface area contributed by atoms with E-state index in [1.807, 2.05) is 5.38 Å². The average Bonchev–Trinajstić information content (AvgIpc) is 3.12. The zero-order chi connectivity index (χ0) is 14.0. The van der Waals surface area contributed by atoms with Gasteiger partial charge in [-0.3, -0.25) is 9.59 Å². The van der Waals surface area contributed by atoms with Crippen molar-refractivity contribution in [3.8, 4) is 0 Å². The monoisotopic (exact) mass is 294 g/mol. The summed E-state index contributed by atoms with van der Waals surface area (Å²) in [6, 6.07) is 0. The largest absolute Gasteiger partial charge is 0.458 e. The van der Waals surface area contributed by atoms with Gasteiger partial charge < -0.3 is 10.1 Å². The Bertz CT molecular complexity index is 495. The van der Waals surface area contributed by atoms with Gasteiger partial charge in [0.15, 0.2) is 0 Å². The summed E-state index contributed by atoms with van der Waals surface area (Å²) < 4.78 is 5.49. The Hall–Kier alpha value is -1.43. The number of amides is 1. The second kappa shape index (κ2) is 5.52. The first-order valence-electron chi connectivity index (χ1n) is 7.07. The summed E-state index contributed by atoms with van der Waals surface area (Å²) in [5.41, 5.74) is -0.512. The highest BCUT2D eigenvalue weighted by atomic mass is 32.1. The number of esters is 1. The summed E-state index contributed by atoms with van der Waals surface area (Å²) in [6.07, 6.45) is 6.44. The van der Waals surface area contributed by atoms with E-state index in [0.29, 0.717) is 6.54 Å². The minimum Gasteiger partial charge on any atom is -0.458 e. The highest BCUT2D eigenvalue weighted by Crippen LogP contribution is 2.45.